The highest BCUT2D eigenvalue weighted by Crippen LogP contribution is 2.29. The van der Waals surface area contributed by atoms with Crippen LogP contribution < -0.4 is 4.74 Å². The van der Waals surface area contributed by atoms with E-state index in [-0.39, 0.29) is 11.1 Å². The van der Waals surface area contributed by atoms with Crippen molar-refractivity contribution in [3.63, 3.8) is 0 Å². The molecule has 0 amide bonds. The Bertz CT molecular complexity index is 638. The van der Waals surface area contributed by atoms with E-state index < -0.39 is 24.0 Å². The van der Waals surface area contributed by atoms with Gasteiger partial charge in [-0.25, -0.2) is 4.39 Å². The SMILES string of the molecule is Cc1ccc(F)c(C(O)c2cccc(OC(F)(F)F)c2)c1. The van der Waals surface area contributed by atoms with E-state index in [1.165, 1.54) is 30.3 Å². The van der Waals surface area contributed by atoms with Crippen molar-refractivity contribution in [2.45, 2.75) is 19.4 Å². The Balaban J connectivity index is 2.33. The number of alkyl halides is 3. The van der Waals surface area contributed by atoms with Gasteiger partial charge in [-0.05, 0) is 30.7 Å². The Morgan fingerprint density at radius 1 is 1.10 bits per heavy atom. The van der Waals surface area contributed by atoms with Crippen LogP contribution in [-0.2, 0) is 0 Å². The highest BCUT2D eigenvalue weighted by Gasteiger charge is 2.31. The van der Waals surface area contributed by atoms with Crippen molar-refractivity contribution in [2.24, 2.45) is 0 Å². The zero-order valence-electron chi connectivity index (χ0n) is 11.0. The van der Waals surface area contributed by atoms with Gasteiger partial charge in [-0.3, -0.25) is 0 Å². The third kappa shape index (κ3) is 3.95. The highest BCUT2D eigenvalue weighted by molar-refractivity contribution is 5.37. The summed E-state index contributed by atoms with van der Waals surface area (Å²) in [6, 6.07) is 9.01. The van der Waals surface area contributed by atoms with Crippen molar-refractivity contribution in [1.29, 1.82) is 0 Å². The number of halogens is 4. The minimum atomic E-state index is -4.82. The van der Waals surface area contributed by atoms with Gasteiger partial charge in [0.25, 0.3) is 0 Å². The number of benzene rings is 2. The zero-order valence-corrected chi connectivity index (χ0v) is 11.0. The summed E-state index contributed by atoms with van der Waals surface area (Å²) in [5.41, 5.74) is 0.841. The summed E-state index contributed by atoms with van der Waals surface area (Å²) >= 11 is 0. The lowest BCUT2D eigenvalue weighted by atomic mass is 9.99. The fourth-order valence-corrected chi connectivity index (χ4v) is 1.93. The predicted octanol–water partition coefficient (Wildman–Crippen LogP) is 4.11. The summed E-state index contributed by atoms with van der Waals surface area (Å²) in [7, 11) is 0. The van der Waals surface area contributed by atoms with Crippen molar-refractivity contribution >= 4 is 0 Å². The molecule has 0 fully saturated rings. The zero-order chi connectivity index (χ0) is 15.6. The number of hydrogen-bond donors (Lipinski definition) is 1. The molecule has 21 heavy (non-hydrogen) atoms. The molecule has 0 saturated carbocycles. The number of aliphatic hydroxyl groups is 1. The molecule has 2 rings (SSSR count). The van der Waals surface area contributed by atoms with Crippen molar-refractivity contribution < 1.29 is 27.4 Å². The Hall–Kier alpha value is -2.08. The van der Waals surface area contributed by atoms with E-state index in [0.717, 1.165) is 17.7 Å². The van der Waals surface area contributed by atoms with Gasteiger partial charge in [0.05, 0.1) is 0 Å². The van der Waals surface area contributed by atoms with E-state index >= 15 is 0 Å². The molecule has 0 spiro atoms. The van der Waals surface area contributed by atoms with Gasteiger partial charge in [0.1, 0.15) is 17.7 Å². The van der Waals surface area contributed by atoms with Crippen LogP contribution in [0.2, 0.25) is 0 Å². The summed E-state index contributed by atoms with van der Waals surface area (Å²) in [5, 5.41) is 10.1. The first-order valence-corrected chi connectivity index (χ1v) is 6.06. The molecule has 6 heteroatoms. The third-order valence-corrected chi connectivity index (χ3v) is 2.85. The number of ether oxygens (including phenoxy) is 1. The second kappa shape index (κ2) is 5.73. The summed E-state index contributed by atoms with van der Waals surface area (Å²) in [6.45, 7) is 1.72. The van der Waals surface area contributed by atoms with Gasteiger partial charge in [-0.2, -0.15) is 0 Å². The predicted molar refractivity (Wildman–Crippen MR) is 68.3 cm³/mol. The van der Waals surface area contributed by atoms with Crippen LogP contribution in [0.15, 0.2) is 42.5 Å². The van der Waals surface area contributed by atoms with Crippen LogP contribution in [0.5, 0.6) is 5.75 Å². The lowest BCUT2D eigenvalue weighted by Gasteiger charge is -2.15. The molecule has 0 aromatic heterocycles. The minimum Gasteiger partial charge on any atom is -0.406 e. The molecule has 2 aromatic rings. The number of rotatable bonds is 3. The summed E-state index contributed by atoms with van der Waals surface area (Å²) in [6.07, 6.45) is -6.19. The molecule has 0 aliphatic carbocycles. The fourth-order valence-electron chi connectivity index (χ4n) is 1.93. The van der Waals surface area contributed by atoms with Crippen LogP contribution in [0.25, 0.3) is 0 Å². The molecular weight excluding hydrogens is 288 g/mol. The molecule has 0 aliphatic heterocycles. The van der Waals surface area contributed by atoms with Gasteiger partial charge in [-0.15, -0.1) is 13.2 Å². The molecule has 0 radical (unpaired) electrons. The average molecular weight is 300 g/mol. The molecule has 1 unspecified atom stereocenters. The van der Waals surface area contributed by atoms with Crippen LogP contribution in [0.4, 0.5) is 17.6 Å². The first-order chi connectivity index (χ1) is 9.76. The standard InChI is InChI=1S/C15H12F4O2/c1-9-5-6-13(16)12(7-9)14(20)10-3-2-4-11(8-10)21-15(17,18)19/h2-8,14,20H,1H3. The lowest BCUT2D eigenvalue weighted by molar-refractivity contribution is -0.274. The Labute approximate surface area is 118 Å². The second-order valence-electron chi connectivity index (χ2n) is 4.55. The van der Waals surface area contributed by atoms with Crippen LogP contribution in [-0.4, -0.2) is 11.5 Å². The smallest absolute Gasteiger partial charge is 0.406 e. The Morgan fingerprint density at radius 3 is 2.48 bits per heavy atom. The van der Waals surface area contributed by atoms with Gasteiger partial charge in [-0.1, -0.05) is 29.8 Å². The van der Waals surface area contributed by atoms with Crippen LogP contribution in [0.3, 0.4) is 0 Å². The van der Waals surface area contributed by atoms with Crippen molar-refractivity contribution in [3.05, 3.63) is 65.0 Å². The Kier molecular flexibility index (Phi) is 4.18. The molecule has 1 N–H and O–H groups in total. The van der Waals surface area contributed by atoms with Crippen LogP contribution >= 0.6 is 0 Å². The van der Waals surface area contributed by atoms with E-state index in [0.29, 0.717) is 0 Å². The number of hydrogen-bond acceptors (Lipinski definition) is 2. The van der Waals surface area contributed by atoms with Crippen LogP contribution in [0.1, 0.15) is 22.8 Å². The Morgan fingerprint density at radius 2 is 1.81 bits per heavy atom. The molecule has 2 nitrogen and oxygen atoms in total. The lowest BCUT2D eigenvalue weighted by Crippen LogP contribution is -2.17. The third-order valence-electron chi connectivity index (χ3n) is 2.85. The summed E-state index contributed by atoms with van der Waals surface area (Å²) in [5.74, 6) is -1.10. The maximum Gasteiger partial charge on any atom is 0.573 e. The van der Waals surface area contributed by atoms with E-state index in [1.807, 2.05) is 0 Å². The van der Waals surface area contributed by atoms with Crippen molar-refractivity contribution in [3.8, 4) is 5.75 Å². The van der Waals surface area contributed by atoms with Crippen molar-refractivity contribution in [2.75, 3.05) is 0 Å². The summed E-state index contributed by atoms with van der Waals surface area (Å²) < 4.78 is 54.0. The van der Waals surface area contributed by atoms with E-state index in [9.17, 15) is 22.7 Å². The van der Waals surface area contributed by atoms with E-state index in [2.05, 4.69) is 4.74 Å². The average Bonchev–Trinajstić information content (AvgIpc) is 2.39. The van der Waals surface area contributed by atoms with E-state index in [4.69, 9.17) is 0 Å². The molecule has 0 heterocycles. The molecule has 0 aliphatic rings. The summed E-state index contributed by atoms with van der Waals surface area (Å²) in [4.78, 5) is 0. The van der Waals surface area contributed by atoms with E-state index in [1.54, 1.807) is 6.92 Å². The minimum absolute atomic E-state index is 0.000779. The quantitative estimate of drug-likeness (QED) is 0.864. The normalized spacial score (nSPS) is 13.0. The highest BCUT2D eigenvalue weighted by atomic mass is 19.4. The molecular formula is C15H12F4O2. The largest absolute Gasteiger partial charge is 0.573 e. The first kappa shape index (κ1) is 15.3. The number of aryl methyl sites for hydroxylation is 1. The first-order valence-electron chi connectivity index (χ1n) is 6.06. The number of aliphatic hydroxyl groups excluding tert-OH is 1. The van der Waals surface area contributed by atoms with Gasteiger partial charge in [0.15, 0.2) is 0 Å². The maximum absolute atomic E-state index is 13.7. The topological polar surface area (TPSA) is 29.5 Å². The molecule has 112 valence electrons. The van der Waals surface area contributed by atoms with Gasteiger partial charge >= 0.3 is 6.36 Å². The van der Waals surface area contributed by atoms with Crippen molar-refractivity contribution in [1.82, 2.24) is 0 Å². The maximum atomic E-state index is 13.7. The van der Waals surface area contributed by atoms with Gasteiger partial charge in [0.2, 0.25) is 0 Å². The van der Waals surface area contributed by atoms with Gasteiger partial charge < -0.3 is 9.84 Å². The molecule has 0 saturated heterocycles. The molecule has 1 atom stereocenters. The van der Waals surface area contributed by atoms with Gasteiger partial charge in [0, 0.05) is 5.56 Å². The molecule has 0 bridgehead atoms. The monoisotopic (exact) mass is 300 g/mol. The van der Waals surface area contributed by atoms with Crippen LogP contribution in [0, 0.1) is 12.7 Å². The fraction of sp³-hybridized carbons (Fsp3) is 0.200. The second-order valence-corrected chi connectivity index (χ2v) is 4.55. The molecule has 2 aromatic carbocycles.